The smallest absolute Gasteiger partial charge is 0.200 e. The number of ether oxygens (including phenoxy) is 1. The molecule has 2 saturated heterocycles. The Morgan fingerprint density at radius 1 is 1.29 bits per heavy atom. The molecule has 1 unspecified atom stereocenters. The van der Waals surface area contributed by atoms with Gasteiger partial charge in [-0.25, -0.2) is 22.6 Å². The number of nitrogens with one attached hydrogen (secondary N) is 1. The topological polar surface area (TPSA) is 97.0 Å². The van der Waals surface area contributed by atoms with Crippen LogP contribution in [0.1, 0.15) is 25.7 Å². The van der Waals surface area contributed by atoms with Crippen molar-refractivity contribution in [3.8, 4) is 0 Å². The van der Waals surface area contributed by atoms with Crippen LogP contribution in [0.15, 0.2) is 27.7 Å². The maximum atomic E-state index is 13.3. The molecular formula is C18H24BrFN4O3S. The fourth-order valence-electron chi connectivity index (χ4n) is 3.27. The van der Waals surface area contributed by atoms with Crippen molar-refractivity contribution in [3.05, 3.63) is 28.5 Å². The first-order valence-corrected chi connectivity index (χ1v) is 11.2. The zero-order chi connectivity index (χ0) is 20.1. The first-order chi connectivity index (χ1) is 13.4. The van der Waals surface area contributed by atoms with Crippen LogP contribution in [0.5, 0.6) is 0 Å². The number of hydrogen-bond acceptors (Lipinski definition) is 4. The quantitative estimate of drug-likeness (QED) is 0.487. The van der Waals surface area contributed by atoms with E-state index in [1.165, 1.54) is 18.2 Å². The summed E-state index contributed by atoms with van der Waals surface area (Å²) in [7, 11) is 0. The molecule has 0 aliphatic carbocycles. The lowest BCUT2D eigenvalue weighted by atomic mass is 9.93. The van der Waals surface area contributed by atoms with Crippen molar-refractivity contribution in [2.45, 2.75) is 31.7 Å². The van der Waals surface area contributed by atoms with Crippen molar-refractivity contribution < 1.29 is 18.1 Å². The molecule has 0 saturated carbocycles. The number of nitrogens with zero attached hydrogens (tertiary/aromatic N) is 2. The molecule has 3 N–H and O–H groups in total. The fourth-order valence-corrected chi connectivity index (χ4v) is 4.85. The van der Waals surface area contributed by atoms with E-state index in [1.807, 2.05) is 4.31 Å². The van der Waals surface area contributed by atoms with E-state index in [0.717, 1.165) is 12.8 Å². The highest BCUT2D eigenvalue weighted by Gasteiger charge is 2.30. The van der Waals surface area contributed by atoms with Gasteiger partial charge in [0.1, 0.15) is 5.82 Å². The third-order valence-electron chi connectivity index (χ3n) is 4.95. The maximum Gasteiger partial charge on any atom is 0.200 e. The van der Waals surface area contributed by atoms with Crippen LogP contribution in [-0.4, -0.2) is 52.5 Å². The van der Waals surface area contributed by atoms with Crippen molar-refractivity contribution in [2.24, 2.45) is 16.6 Å². The van der Waals surface area contributed by atoms with Gasteiger partial charge in [0.05, 0.1) is 10.2 Å². The summed E-state index contributed by atoms with van der Waals surface area (Å²) < 4.78 is 36.4. The molecule has 0 amide bonds. The second kappa shape index (κ2) is 10.0. The highest BCUT2D eigenvalue weighted by molar-refractivity contribution is 9.10. The number of hydrogen-bond donors (Lipinski definition) is 2. The summed E-state index contributed by atoms with van der Waals surface area (Å²) in [4.78, 5) is 16.7. The number of ketones is 1. The van der Waals surface area contributed by atoms with Gasteiger partial charge in [-0.1, -0.05) is 0 Å². The minimum absolute atomic E-state index is 0.0848. The van der Waals surface area contributed by atoms with Gasteiger partial charge in [-0.15, -0.1) is 0 Å². The predicted molar refractivity (Wildman–Crippen MR) is 110 cm³/mol. The molecule has 0 aromatic heterocycles. The lowest BCUT2D eigenvalue weighted by Gasteiger charge is -2.32. The van der Waals surface area contributed by atoms with Crippen molar-refractivity contribution in [1.29, 1.82) is 0 Å². The van der Waals surface area contributed by atoms with Crippen LogP contribution < -0.4 is 10.5 Å². The Bertz CT molecular complexity index is 765. The average molecular weight is 475 g/mol. The first kappa shape index (κ1) is 21.5. The zero-order valence-corrected chi connectivity index (χ0v) is 17.8. The van der Waals surface area contributed by atoms with E-state index >= 15 is 0 Å². The van der Waals surface area contributed by atoms with E-state index in [1.54, 1.807) is 0 Å². The Hall–Kier alpha value is -1.20. The molecule has 154 valence electrons. The Balaban J connectivity index is 1.51. The van der Waals surface area contributed by atoms with Crippen LogP contribution in [0.2, 0.25) is 0 Å². The van der Waals surface area contributed by atoms with Crippen LogP contribution in [-0.2, 0) is 20.7 Å². The number of halogens is 2. The molecule has 2 fully saturated rings. The minimum atomic E-state index is -1.27. The number of nitrogens with two attached hydrogens (primary N) is 1. The lowest BCUT2D eigenvalue weighted by molar-refractivity contribution is -0.117. The van der Waals surface area contributed by atoms with Gasteiger partial charge in [0.25, 0.3) is 0 Å². The second-order valence-electron chi connectivity index (χ2n) is 6.92. The van der Waals surface area contributed by atoms with Gasteiger partial charge in [-0.2, -0.15) is 0 Å². The van der Waals surface area contributed by atoms with Gasteiger partial charge in [0.2, 0.25) is 5.78 Å². The molecule has 1 aromatic carbocycles. The van der Waals surface area contributed by atoms with Crippen molar-refractivity contribution in [3.63, 3.8) is 0 Å². The number of aliphatic imine (C=N–C) groups is 1. The number of piperidine rings is 1. The minimum Gasteiger partial charge on any atom is -0.381 e. The summed E-state index contributed by atoms with van der Waals surface area (Å²) in [6, 6.07) is 4.41. The van der Waals surface area contributed by atoms with Crippen LogP contribution in [0.3, 0.4) is 0 Å². The molecule has 28 heavy (non-hydrogen) atoms. The van der Waals surface area contributed by atoms with E-state index in [2.05, 4.69) is 25.6 Å². The largest absolute Gasteiger partial charge is 0.381 e. The van der Waals surface area contributed by atoms with E-state index in [4.69, 9.17) is 10.5 Å². The molecule has 2 heterocycles. The molecule has 7 nitrogen and oxygen atoms in total. The van der Waals surface area contributed by atoms with E-state index in [-0.39, 0.29) is 28.1 Å². The predicted octanol–water partition coefficient (Wildman–Crippen LogP) is 2.21. The van der Waals surface area contributed by atoms with Gasteiger partial charge < -0.3 is 10.5 Å². The Labute approximate surface area is 174 Å². The number of amidine groups is 1. The molecule has 2 aliphatic heterocycles. The molecule has 1 atom stereocenters. The van der Waals surface area contributed by atoms with Crippen LogP contribution in [0.4, 0.5) is 10.1 Å². The highest BCUT2D eigenvalue weighted by Crippen LogP contribution is 2.24. The molecule has 0 radical (unpaired) electrons. The van der Waals surface area contributed by atoms with E-state index in [9.17, 15) is 13.4 Å². The Morgan fingerprint density at radius 3 is 2.61 bits per heavy atom. The van der Waals surface area contributed by atoms with E-state index in [0.29, 0.717) is 44.8 Å². The van der Waals surface area contributed by atoms with E-state index < -0.39 is 17.0 Å². The summed E-state index contributed by atoms with van der Waals surface area (Å²) >= 11 is 1.82. The molecular weight excluding hydrogens is 451 g/mol. The van der Waals surface area contributed by atoms with Crippen molar-refractivity contribution in [1.82, 2.24) is 9.03 Å². The number of carbonyl (C=O) groups excluding carboxylic acids is 1. The monoisotopic (exact) mass is 474 g/mol. The molecule has 10 heteroatoms. The second-order valence-corrected chi connectivity index (χ2v) is 9.02. The summed E-state index contributed by atoms with van der Waals surface area (Å²) in [5.74, 6) is -0.954. The summed E-state index contributed by atoms with van der Waals surface area (Å²) in [5, 5.41) is 0. The van der Waals surface area contributed by atoms with Crippen LogP contribution in [0.25, 0.3) is 0 Å². The number of carbonyl (C=O) groups is 1. The zero-order valence-electron chi connectivity index (χ0n) is 15.4. The molecule has 1 aromatic rings. The highest BCUT2D eigenvalue weighted by atomic mass is 79.9. The summed E-state index contributed by atoms with van der Waals surface area (Å²) in [5.41, 5.74) is 6.30. The van der Waals surface area contributed by atoms with Gasteiger partial charge in [0, 0.05) is 38.3 Å². The molecule has 2 aliphatic rings. The van der Waals surface area contributed by atoms with Crippen molar-refractivity contribution >= 4 is 44.4 Å². The standard InChI is InChI=1S/C18H24BrFN4O3S/c19-15-11-14(1-2-16(15)20)22-18(21)17(25)12-3-7-24(8-4-12)28(26)23-13-5-9-27-10-6-13/h1-2,11-13,23H,3-10H2,(H2,21,22). The van der Waals surface area contributed by atoms with Gasteiger partial charge >= 0.3 is 0 Å². The number of Topliss-reactive ketones (excluding diaryl/α,β-unsaturated/α-hetero) is 1. The third kappa shape index (κ3) is 5.66. The number of benzene rings is 1. The molecule has 0 bridgehead atoms. The SMILES string of the molecule is NC(=Nc1ccc(F)c(Br)c1)C(=O)C1CCN(S(=O)NC2CCOCC2)CC1. The lowest BCUT2D eigenvalue weighted by Crippen LogP contribution is -2.47. The van der Waals surface area contributed by atoms with Gasteiger partial charge in [-0.3, -0.25) is 4.79 Å². The fraction of sp³-hybridized carbons (Fsp3) is 0.556. The number of rotatable bonds is 6. The Morgan fingerprint density at radius 2 is 1.96 bits per heavy atom. The normalized spacial score (nSPS) is 21.6. The van der Waals surface area contributed by atoms with Crippen molar-refractivity contribution in [2.75, 3.05) is 26.3 Å². The summed E-state index contributed by atoms with van der Waals surface area (Å²) in [6.45, 7) is 2.48. The summed E-state index contributed by atoms with van der Waals surface area (Å²) in [6.07, 6.45) is 2.85. The van der Waals surface area contributed by atoms with Crippen LogP contribution >= 0.6 is 15.9 Å². The maximum absolute atomic E-state index is 13.3. The molecule has 0 spiro atoms. The average Bonchev–Trinajstić information content (AvgIpc) is 2.71. The Kier molecular flexibility index (Phi) is 7.69. The first-order valence-electron chi connectivity index (χ1n) is 9.28. The molecule has 3 rings (SSSR count). The van der Waals surface area contributed by atoms with Gasteiger partial charge in [-0.05, 0) is 59.8 Å². The van der Waals surface area contributed by atoms with Crippen LogP contribution in [0, 0.1) is 11.7 Å². The van der Waals surface area contributed by atoms with Gasteiger partial charge in [0.15, 0.2) is 17.0 Å². The third-order valence-corrected chi connectivity index (χ3v) is 6.93.